The van der Waals surface area contributed by atoms with Crippen molar-refractivity contribution >= 4 is 51.9 Å². The van der Waals surface area contributed by atoms with E-state index in [1.54, 1.807) is 42.5 Å². The summed E-state index contributed by atoms with van der Waals surface area (Å²) in [6.45, 7) is -0.0450. The molecule has 0 fully saturated rings. The minimum absolute atomic E-state index is 0.0403. The lowest BCUT2D eigenvalue weighted by Gasteiger charge is -2.06. The molecule has 2 rings (SSSR count). The molecule has 5 nitrogen and oxygen atoms in total. The Labute approximate surface area is 163 Å². The Morgan fingerprint density at radius 2 is 2.08 bits per heavy atom. The molecule has 0 heterocycles. The summed E-state index contributed by atoms with van der Waals surface area (Å²) in [6.07, 6.45) is 1.48. The number of amides is 1. The zero-order valence-electron chi connectivity index (χ0n) is 12.8. The van der Waals surface area contributed by atoms with E-state index < -0.39 is 5.91 Å². The van der Waals surface area contributed by atoms with Crippen LogP contribution >= 0.6 is 34.2 Å². The molecule has 0 spiro atoms. The smallest absolute Gasteiger partial charge is 0.266 e. The Hall–Kier alpha value is -2.55. The molecule has 25 heavy (non-hydrogen) atoms. The van der Waals surface area contributed by atoms with Crippen LogP contribution in [0.25, 0.3) is 6.08 Å². The zero-order valence-corrected chi connectivity index (χ0v) is 15.7. The molecule has 0 bridgehead atoms. The van der Waals surface area contributed by atoms with Crippen molar-refractivity contribution in [3.8, 4) is 17.9 Å². The van der Waals surface area contributed by atoms with Gasteiger partial charge in [-0.3, -0.25) is 4.79 Å². The van der Waals surface area contributed by atoms with Gasteiger partial charge in [0.15, 0.2) is 6.61 Å². The summed E-state index contributed by atoms with van der Waals surface area (Å²) in [5.41, 5.74) is 1.14. The van der Waals surface area contributed by atoms with Gasteiger partial charge in [-0.15, -0.1) is 0 Å². The quantitative estimate of drug-likeness (QED) is 0.405. The summed E-state index contributed by atoms with van der Waals surface area (Å²) in [5.74, 6) is 0.0470. The van der Waals surface area contributed by atoms with Crippen molar-refractivity contribution in [2.75, 3.05) is 11.9 Å². The second-order valence-corrected chi connectivity index (χ2v) is 6.37. The molecule has 2 aromatic carbocycles. The Balaban J connectivity index is 2.19. The van der Waals surface area contributed by atoms with Gasteiger partial charge in [-0.2, -0.15) is 10.5 Å². The highest BCUT2D eigenvalue weighted by atomic mass is 127. The number of carbonyl (C=O) groups excluding carboxylic acids is 1. The fourth-order valence-corrected chi connectivity index (χ4v) is 2.80. The third-order valence-corrected chi connectivity index (χ3v) is 4.08. The van der Waals surface area contributed by atoms with E-state index in [2.05, 4.69) is 27.9 Å². The number of anilines is 1. The summed E-state index contributed by atoms with van der Waals surface area (Å²) < 4.78 is 6.04. The van der Waals surface area contributed by atoms with Crippen LogP contribution in [0.1, 0.15) is 5.56 Å². The highest BCUT2D eigenvalue weighted by Gasteiger charge is 2.10. The highest BCUT2D eigenvalue weighted by Crippen LogP contribution is 2.23. The molecular formula is C18H11ClIN3O2. The minimum atomic E-state index is -0.524. The average Bonchev–Trinajstić information content (AvgIpc) is 2.58. The van der Waals surface area contributed by atoms with Crippen LogP contribution < -0.4 is 10.1 Å². The standard InChI is InChI=1S/C18H11ClIN3O2/c19-14-2-1-3-15(10-14)23-18(24)13(11-22)8-12-4-5-17(16(20)9-12)25-7-6-21/h1-5,8-10H,7H2,(H,23,24)/b13-8+. The molecule has 7 heteroatoms. The van der Waals surface area contributed by atoms with E-state index >= 15 is 0 Å². The second kappa shape index (κ2) is 9.07. The van der Waals surface area contributed by atoms with E-state index in [0.29, 0.717) is 22.0 Å². The van der Waals surface area contributed by atoms with Crippen molar-refractivity contribution in [2.45, 2.75) is 0 Å². The minimum Gasteiger partial charge on any atom is -0.478 e. The largest absolute Gasteiger partial charge is 0.478 e. The Kier molecular flexibility index (Phi) is 6.81. The SMILES string of the molecule is N#CCOc1ccc(/C=C(\C#N)C(=O)Nc2cccc(Cl)c2)cc1I. The predicted molar refractivity (Wildman–Crippen MR) is 104 cm³/mol. The summed E-state index contributed by atoms with van der Waals surface area (Å²) in [4.78, 5) is 12.2. The first kappa shape index (κ1) is 18.8. The highest BCUT2D eigenvalue weighted by molar-refractivity contribution is 14.1. The predicted octanol–water partition coefficient (Wildman–Crippen LogP) is 4.39. The molecule has 0 saturated heterocycles. The number of nitrogens with zero attached hydrogens (tertiary/aromatic N) is 2. The van der Waals surface area contributed by atoms with Crippen molar-refractivity contribution in [1.82, 2.24) is 0 Å². The van der Waals surface area contributed by atoms with Crippen LogP contribution in [0.2, 0.25) is 5.02 Å². The molecular weight excluding hydrogens is 453 g/mol. The molecule has 0 aliphatic rings. The number of hydrogen-bond donors (Lipinski definition) is 1. The monoisotopic (exact) mass is 463 g/mol. The van der Waals surface area contributed by atoms with E-state index in [1.165, 1.54) is 6.08 Å². The molecule has 0 unspecified atom stereocenters. The van der Waals surface area contributed by atoms with Gasteiger partial charge in [0.25, 0.3) is 5.91 Å². The number of nitrogens with one attached hydrogen (secondary N) is 1. The van der Waals surface area contributed by atoms with Crippen molar-refractivity contribution in [3.63, 3.8) is 0 Å². The van der Waals surface area contributed by atoms with Crippen LogP contribution in [0.15, 0.2) is 48.0 Å². The third-order valence-electron chi connectivity index (χ3n) is 3.01. The van der Waals surface area contributed by atoms with Crippen LogP contribution in [-0.2, 0) is 4.79 Å². The average molecular weight is 464 g/mol. The molecule has 0 saturated carbocycles. The van der Waals surface area contributed by atoms with E-state index in [-0.39, 0.29) is 12.2 Å². The van der Waals surface area contributed by atoms with Gasteiger partial charge in [0, 0.05) is 10.7 Å². The molecule has 2 aromatic rings. The first-order valence-corrected chi connectivity index (χ1v) is 8.47. The van der Waals surface area contributed by atoms with E-state index in [9.17, 15) is 10.1 Å². The molecule has 0 aliphatic heterocycles. The third kappa shape index (κ3) is 5.49. The van der Waals surface area contributed by atoms with E-state index in [1.807, 2.05) is 12.1 Å². The molecule has 124 valence electrons. The maximum Gasteiger partial charge on any atom is 0.266 e. The topological polar surface area (TPSA) is 85.9 Å². The fraction of sp³-hybridized carbons (Fsp3) is 0.0556. The van der Waals surface area contributed by atoms with Crippen molar-refractivity contribution in [1.29, 1.82) is 10.5 Å². The number of rotatable bonds is 5. The lowest BCUT2D eigenvalue weighted by Crippen LogP contribution is -2.13. The van der Waals surface area contributed by atoms with Crippen LogP contribution in [0.4, 0.5) is 5.69 Å². The molecule has 0 radical (unpaired) electrons. The number of carbonyl (C=O) groups is 1. The normalized spacial score (nSPS) is 10.5. The summed E-state index contributed by atoms with van der Waals surface area (Å²) >= 11 is 7.94. The Bertz CT molecular complexity index is 913. The summed E-state index contributed by atoms with van der Waals surface area (Å²) in [7, 11) is 0. The summed E-state index contributed by atoms with van der Waals surface area (Å²) in [6, 6.07) is 15.6. The van der Waals surface area contributed by atoms with Crippen LogP contribution in [0, 0.1) is 26.2 Å². The first-order valence-electron chi connectivity index (χ1n) is 7.01. The number of hydrogen-bond acceptors (Lipinski definition) is 4. The number of halogens is 2. The van der Waals surface area contributed by atoms with Gasteiger partial charge in [-0.05, 0) is 64.6 Å². The zero-order chi connectivity index (χ0) is 18.2. The number of ether oxygens (including phenoxy) is 1. The molecule has 0 aromatic heterocycles. The lowest BCUT2D eigenvalue weighted by molar-refractivity contribution is -0.112. The van der Waals surface area contributed by atoms with Gasteiger partial charge < -0.3 is 10.1 Å². The second-order valence-electron chi connectivity index (χ2n) is 4.77. The maximum atomic E-state index is 12.2. The Morgan fingerprint density at radius 1 is 1.28 bits per heavy atom. The van der Waals surface area contributed by atoms with Gasteiger partial charge in [0.05, 0.1) is 3.57 Å². The van der Waals surface area contributed by atoms with Gasteiger partial charge in [0.1, 0.15) is 23.5 Å². The van der Waals surface area contributed by atoms with Gasteiger partial charge >= 0.3 is 0 Å². The molecule has 0 atom stereocenters. The van der Waals surface area contributed by atoms with E-state index in [0.717, 1.165) is 3.57 Å². The Morgan fingerprint density at radius 3 is 2.72 bits per heavy atom. The van der Waals surface area contributed by atoms with Gasteiger partial charge in [-0.1, -0.05) is 23.7 Å². The van der Waals surface area contributed by atoms with Crippen molar-refractivity contribution in [2.24, 2.45) is 0 Å². The van der Waals surface area contributed by atoms with Crippen molar-refractivity contribution in [3.05, 3.63) is 62.2 Å². The van der Waals surface area contributed by atoms with Crippen LogP contribution in [0.5, 0.6) is 5.75 Å². The van der Waals surface area contributed by atoms with Crippen LogP contribution in [-0.4, -0.2) is 12.5 Å². The molecule has 1 amide bonds. The number of nitriles is 2. The first-order chi connectivity index (χ1) is 12.0. The van der Waals surface area contributed by atoms with Gasteiger partial charge in [0.2, 0.25) is 0 Å². The lowest BCUT2D eigenvalue weighted by atomic mass is 10.1. The van der Waals surface area contributed by atoms with E-state index in [4.69, 9.17) is 21.6 Å². The summed E-state index contributed by atoms with van der Waals surface area (Å²) in [5, 5.41) is 20.9. The maximum absolute atomic E-state index is 12.2. The number of benzene rings is 2. The molecule has 1 N–H and O–H groups in total. The van der Waals surface area contributed by atoms with Gasteiger partial charge in [-0.25, -0.2) is 0 Å². The van der Waals surface area contributed by atoms with Crippen LogP contribution in [0.3, 0.4) is 0 Å². The molecule has 0 aliphatic carbocycles. The fourth-order valence-electron chi connectivity index (χ4n) is 1.91. The van der Waals surface area contributed by atoms with Crippen molar-refractivity contribution < 1.29 is 9.53 Å².